The molecule has 0 spiro atoms. The maximum Gasteiger partial charge on any atom is 0.230 e. The molecule has 114 valence electrons. The van der Waals surface area contributed by atoms with Crippen molar-refractivity contribution in [3.63, 3.8) is 0 Å². The maximum absolute atomic E-state index is 12.9. The van der Waals surface area contributed by atoms with E-state index < -0.39 is 0 Å². The summed E-state index contributed by atoms with van der Waals surface area (Å²) in [5.74, 6) is 1.45. The molecule has 1 heterocycles. The fraction of sp³-hybridized carbons (Fsp3) is 0.611. The molecule has 0 bridgehead atoms. The Kier molecular flexibility index (Phi) is 4.29. The van der Waals surface area contributed by atoms with Gasteiger partial charge in [-0.1, -0.05) is 43.7 Å². The average molecular weight is 286 g/mol. The first kappa shape index (κ1) is 14.6. The van der Waals surface area contributed by atoms with E-state index in [0.717, 1.165) is 31.5 Å². The fourth-order valence-electron chi connectivity index (χ4n) is 4.16. The summed E-state index contributed by atoms with van der Waals surface area (Å²) in [7, 11) is 0. The smallest absolute Gasteiger partial charge is 0.230 e. The third-order valence-corrected chi connectivity index (χ3v) is 5.37. The predicted molar refractivity (Wildman–Crippen MR) is 84.9 cm³/mol. The summed E-state index contributed by atoms with van der Waals surface area (Å²) in [6.07, 6.45) is 4.45. The van der Waals surface area contributed by atoms with E-state index in [1.165, 1.54) is 12.8 Å². The lowest BCUT2D eigenvalue weighted by Crippen LogP contribution is -2.39. The van der Waals surface area contributed by atoms with Gasteiger partial charge in [-0.25, -0.2) is 0 Å². The van der Waals surface area contributed by atoms with Crippen LogP contribution >= 0.6 is 0 Å². The third-order valence-electron chi connectivity index (χ3n) is 5.37. The van der Waals surface area contributed by atoms with Crippen molar-refractivity contribution >= 4 is 5.91 Å². The second kappa shape index (κ2) is 6.18. The van der Waals surface area contributed by atoms with Gasteiger partial charge in [0.1, 0.15) is 0 Å². The SMILES string of the molecule is CCC(C(=O)N1CC2CCCC(N)C2C1)c1ccccc1. The van der Waals surface area contributed by atoms with Gasteiger partial charge in [0, 0.05) is 19.1 Å². The predicted octanol–water partition coefficient (Wildman–Crippen LogP) is 2.77. The molecule has 3 heteroatoms. The van der Waals surface area contributed by atoms with Crippen LogP contribution < -0.4 is 5.73 Å². The van der Waals surface area contributed by atoms with Crippen LogP contribution in [0.3, 0.4) is 0 Å². The molecule has 2 aliphatic rings. The van der Waals surface area contributed by atoms with Crippen LogP contribution in [-0.4, -0.2) is 29.9 Å². The van der Waals surface area contributed by atoms with Crippen LogP contribution in [-0.2, 0) is 4.79 Å². The summed E-state index contributed by atoms with van der Waals surface area (Å²) < 4.78 is 0. The number of benzene rings is 1. The molecule has 1 aromatic carbocycles. The first-order valence-corrected chi connectivity index (χ1v) is 8.30. The molecular formula is C18H26N2O. The Morgan fingerprint density at radius 2 is 2.05 bits per heavy atom. The van der Waals surface area contributed by atoms with Gasteiger partial charge in [-0.3, -0.25) is 4.79 Å². The summed E-state index contributed by atoms with van der Waals surface area (Å²) in [4.78, 5) is 15.0. The lowest BCUT2D eigenvalue weighted by atomic mass is 9.78. The summed E-state index contributed by atoms with van der Waals surface area (Å²) in [5.41, 5.74) is 7.41. The largest absolute Gasteiger partial charge is 0.342 e. The van der Waals surface area contributed by atoms with Crippen LogP contribution in [0.5, 0.6) is 0 Å². The minimum Gasteiger partial charge on any atom is -0.342 e. The monoisotopic (exact) mass is 286 g/mol. The van der Waals surface area contributed by atoms with Crippen LogP contribution in [0.2, 0.25) is 0 Å². The summed E-state index contributed by atoms with van der Waals surface area (Å²) in [5, 5.41) is 0. The number of hydrogen-bond acceptors (Lipinski definition) is 2. The first-order chi connectivity index (χ1) is 10.2. The highest BCUT2D eigenvalue weighted by Gasteiger charge is 2.41. The second-order valence-corrected chi connectivity index (χ2v) is 6.63. The van der Waals surface area contributed by atoms with E-state index in [2.05, 4.69) is 24.0 Å². The number of fused-ring (bicyclic) bond motifs is 1. The lowest BCUT2D eigenvalue weighted by molar-refractivity contribution is -0.132. The zero-order chi connectivity index (χ0) is 14.8. The second-order valence-electron chi connectivity index (χ2n) is 6.63. The number of carbonyl (C=O) groups is 1. The molecule has 1 aliphatic heterocycles. The summed E-state index contributed by atoms with van der Waals surface area (Å²) in [6, 6.07) is 10.5. The Morgan fingerprint density at radius 3 is 2.71 bits per heavy atom. The molecule has 3 nitrogen and oxygen atoms in total. The highest BCUT2D eigenvalue weighted by Crippen LogP contribution is 2.37. The number of amides is 1. The molecule has 21 heavy (non-hydrogen) atoms. The van der Waals surface area contributed by atoms with Crippen molar-refractivity contribution in [2.24, 2.45) is 17.6 Å². The number of rotatable bonds is 3. The van der Waals surface area contributed by atoms with E-state index in [1.807, 2.05) is 18.2 Å². The van der Waals surface area contributed by atoms with Crippen LogP contribution in [0, 0.1) is 11.8 Å². The van der Waals surface area contributed by atoms with Gasteiger partial charge < -0.3 is 10.6 Å². The molecule has 1 saturated carbocycles. The Balaban J connectivity index is 1.73. The Bertz CT molecular complexity index is 487. The van der Waals surface area contributed by atoms with Crippen molar-refractivity contribution < 1.29 is 4.79 Å². The van der Waals surface area contributed by atoms with E-state index >= 15 is 0 Å². The van der Waals surface area contributed by atoms with Crippen molar-refractivity contribution in [2.75, 3.05) is 13.1 Å². The van der Waals surface area contributed by atoms with Crippen molar-refractivity contribution in [3.05, 3.63) is 35.9 Å². The number of carbonyl (C=O) groups excluding carboxylic acids is 1. The Hall–Kier alpha value is -1.35. The van der Waals surface area contributed by atoms with E-state index in [-0.39, 0.29) is 5.92 Å². The van der Waals surface area contributed by atoms with Crippen LogP contribution in [0.1, 0.15) is 44.1 Å². The molecule has 0 radical (unpaired) electrons. The highest BCUT2D eigenvalue weighted by molar-refractivity contribution is 5.84. The molecule has 1 aliphatic carbocycles. The molecular weight excluding hydrogens is 260 g/mol. The fourth-order valence-corrected chi connectivity index (χ4v) is 4.16. The van der Waals surface area contributed by atoms with Gasteiger partial charge in [0.15, 0.2) is 0 Å². The quantitative estimate of drug-likeness (QED) is 0.928. The minimum atomic E-state index is 0.00239. The zero-order valence-corrected chi connectivity index (χ0v) is 12.9. The number of likely N-dealkylation sites (tertiary alicyclic amines) is 1. The maximum atomic E-state index is 12.9. The standard InChI is InChI=1S/C18H26N2O/c1-2-15(13-7-4-3-5-8-13)18(21)20-11-14-9-6-10-17(19)16(14)12-20/h3-5,7-8,14-17H,2,6,9-12,19H2,1H3. The Morgan fingerprint density at radius 1 is 1.29 bits per heavy atom. The highest BCUT2D eigenvalue weighted by atomic mass is 16.2. The molecule has 4 unspecified atom stereocenters. The van der Waals surface area contributed by atoms with Crippen molar-refractivity contribution in [3.8, 4) is 0 Å². The van der Waals surface area contributed by atoms with Gasteiger partial charge in [-0.15, -0.1) is 0 Å². The molecule has 3 rings (SSSR count). The van der Waals surface area contributed by atoms with Crippen LogP contribution in [0.25, 0.3) is 0 Å². The van der Waals surface area contributed by atoms with Gasteiger partial charge in [0.05, 0.1) is 5.92 Å². The van der Waals surface area contributed by atoms with E-state index in [1.54, 1.807) is 0 Å². The van der Waals surface area contributed by atoms with E-state index in [9.17, 15) is 4.79 Å². The molecule has 1 saturated heterocycles. The van der Waals surface area contributed by atoms with Crippen molar-refractivity contribution in [1.29, 1.82) is 0 Å². The number of nitrogens with two attached hydrogens (primary N) is 1. The Labute approximate surface area is 127 Å². The van der Waals surface area contributed by atoms with E-state index in [0.29, 0.717) is 23.8 Å². The molecule has 4 atom stereocenters. The molecule has 2 N–H and O–H groups in total. The minimum absolute atomic E-state index is 0.00239. The normalized spacial score (nSPS) is 30.0. The van der Waals surface area contributed by atoms with Crippen LogP contribution in [0.4, 0.5) is 0 Å². The van der Waals surface area contributed by atoms with Crippen molar-refractivity contribution in [1.82, 2.24) is 4.90 Å². The van der Waals surface area contributed by atoms with Crippen molar-refractivity contribution in [2.45, 2.75) is 44.6 Å². The first-order valence-electron chi connectivity index (χ1n) is 8.30. The molecule has 0 aromatic heterocycles. The molecule has 1 aromatic rings. The third kappa shape index (κ3) is 2.84. The molecule has 2 fully saturated rings. The van der Waals surface area contributed by atoms with E-state index in [4.69, 9.17) is 5.73 Å². The van der Waals surface area contributed by atoms with Gasteiger partial charge in [-0.05, 0) is 36.7 Å². The van der Waals surface area contributed by atoms with Gasteiger partial charge in [0.25, 0.3) is 0 Å². The van der Waals surface area contributed by atoms with Gasteiger partial charge in [0.2, 0.25) is 5.91 Å². The van der Waals surface area contributed by atoms with Gasteiger partial charge in [-0.2, -0.15) is 0 Å². The summed E-state index contributed by atoms with van der Waals surface area (Å²) in [6.45, 7) is 3.89. The topological polar surface area (TPSA) is 46.3 Å². The van der Waals surface area contributed by atoms with Gasteiger partial charge >= 0.3 is 0 Å². The molecule has 1 amide bonds. The van der Waals surface area contributed by atoms with Crippen LogP contribution in [0.15, 0.2) is 30.3 Å². The number of nitrogens with zero attached hydrogens (tertiary/aromatic N) is 1. The number of hydrogen-bond donors (Lipinski definition) is 1. The average Bonchev–Trinajstić information content (AvgIpc) is 2.95. The lowest BCUT2D eigenvalue weighted by Gasteiger charge is -2.29. The summed E-state index contributed by atoms with van der Waals surface area (Å²) >= 11 is 0. The zero-order valence-electron chi connectivity index (χ0n) is 12.9.